The van der Waals surface area contributed by atoms with Crippen molar-refractivity contribution in [3.05, 3.63) is 82.0 Å². The maximum absolute atomic E-state index is 12.6. The van der Waals surface area contributed by atoms with Crippen molar-refractivity contribution >= 4 is 34.5 Å². The number of amides is 2. The van der Waals surface area contributed by atoms with Crippen LogP contribution in [0, 0.1) is 6.92 Å². The van der Waals surface area contributed by atoms with Crippen LogP contribution in [-0.2, 0) is 0 Å². The summed E-state index contributed by atoms with van der Waals surface area (Å²) < 4.78 is 0. The molecule has 120 valence electrons. The Morgan fingerprint density at radius 3 is 2.21 bits per heavy atom. The van der Waals surface area contributed by atoms with Crippen molar-refractivity contribution in [2.75, 3.05) is 10.6 Å². The number of anilines is 2. The zero-order chi connectivity index (χ0) is 16.9. The maximum atomic E-state index is 12.6. The lowest BCUT2D eigenvalue weighted by Crippen LogP contribution is -2.18. The van der Waals surface area contributed by atoms with E-state index in [1.807, 2.05) is 36.6 Å². The van der Waals surface area contributed by atoms with Crippen LogP contribution in [0.4, 0.5) is 11.4 Å². The van der Waals surface area contributed by atoms with Gasteiger partial charge in [-0.1, -0.05) is 30.3 Å². The molecule has 5 heteroatoms. The van der Waals surface area contributed by atoms with Crippen LogP contribution in [0.2, 0.25) is 0 Å². The van der Waals surface area contributed by atoms with E-state index >= 15 is 0 Å². The van der Waals surface area contributed by atoms with Crippen LogP contribution in [0.5, 0.6) is 0 Å². The molecule has 0 unspecified atom stereocenters. The minimum Gasteiger partial charge on any atom is -0.322 e. The van der Waals surface area contributed by atoms with Gasteiger partial charge in [0, 0.05) is 11.1 Å². The molecule has 4 nitrogen and oxygen atoms in total. The Bertz CT molecular complexity index is 873. The molecule has 2 aromatic carbocycles. The number of nitrogens with one attached hydrogen (secondary N) is 2. The van der Waals surface area contributed by atoms with E-state index in [4.69, 9.17) is 0 Å². The lowest BCUT2D eigenvalue weighted by Gasteiger charge is -2.12. The van der Waals surface area contributed by atoms with Crippen LogP contribution in [0.15, 0.2) is 65.4 Å². The van der Waals surface area contributed by atoms with Gasteiger partial charge in [0.2, 0.25) is 0 Å². The van der Waals surface area contributed by atoms with Crippen molar-refractivity contribution in [2.24, 2.45) is 0 Å². The fourth-order valence-electron chi connectivity index (χ4n) is 2.28. The molecule has 0 saturated heterocycles. The van der Waals surface area contributed by atoms with Crippen LogP contribution >= 0.6 is 11.3 Å². The van der Waals surface area contributed by atoms with E-state index in [-0.39, 0.29) is 11.8 Å². The summed E-state index contributed by atoms with van der Waals surface area (Å²) in [6.45, 7) is 1.93. The summed E-state index contributed by atoms with van der Waals surface area (Å²) in [6.07, 6.45) is 0. The number of aryl methyl sites for hydroxylation is 1. The van der Waals surface area contributed by atoms with E-state index in [1.165, 1.54) is 11.3 Å². The molecule has 2 amide bonds. The summed E-state index contributed by atoms with van der Waals surface area (Å²) in [5.74, 6) is -0.488. The Morgan fingerprint density at radius 2 is 1.50 bits per heavy atom. The van der Waals surface area contributed by atoms with Gasteiger partial charge in [-0.2, -0.15) is 11.3 Å². The lowest BCUT2D eigenvalue weighted by atomic mass is 10.1. The van der Waals surface area contributed by atoms with Crippen LogP contribution in [-0.4, -0.2) is 11.8 Å². The average molecular weight is 336 g/mol. The molecule has 0 bridgehead atoms. The summed E-state index contributed by atoms with van der Waals surface area (Å²) >= 11 is 1.45. The number of carbonyl (C=O) groups is 2. The minimum absolute atomic E-state index is 0.229. The standard InChI is InChI=1S/C19H16N2O2S/c1-13-6-2-4-8-16(13)20-19(23)15-7-3-5-9-17(15)21-18(22)14-10-11-24-12-14/h2-12H,1H3,(H,20,23)(H,21,22). The molecule has 3 aromatic rings. The molecule has 0 aliphatic heterocycles. The third-order valence-electron chi connectivity index (χ3n) is 3.60. The Balaban J connectivity index is 1.82. The molecule has 3 rings (SSSR count). The van der Waals surface area contributed by atoms with Gasteiger partial charge in [-0.3, -0.25) is 9.59 Å². The molecule has 1 aromatic heterocycles. The second kappa shape index (κ2) is 7.10. The molecule has 0 aliphatic carbocycles. The van der Waals surface area contributed by atoms with Gasteiger partial charge in [0.1, 0.15) is 0 Å². The minimum atomic E-state index is -0.259. The highest BCUT2D eigenvalue weighted by molar-refractivity contribution is 7.08. The highest BCUT2D eigenvalue weighted by Gasteiger charge is 2.15. The molecular weight excluding hydrogens is 320 g/mol. The molecule has 0 radical (unpaired) electrons. The van der Waals surface area contributed by atoms with Crippen molar-refractivity contribution < 1.29 is 9.59 Å². The van der Waals surface area contributed by atoms with Gasteiger partial charge in [0.15, 0.2) is 0 Å². The van der Waals surface area contributed by atoms with Crippen LogP contribution in [0.1, 0.15) is 26.3 Å². The average Bonchev–Trinajstić information content (AvgIpc) is 3.12. The summed E-state index contributed by atoms with van der Waals surface area (Å²) in [5, 5.41) is 9.30. The molecule has 2 N–H and O–H groups in total. The highest BCUT2D eigenvalue weighted by Crippen LogP contribution is 2.20. The zero-order valence-corrected chi connectivity index (χ0v) is 13.9. The highest BCUT2D eigenvalue weighted by atomic mass is 32.1. The molecule has 24 heavy (non-hydrogen) atoms. The third kappa shape index (κ3) is 3.52. The number of rotatable bonds is 4. The van der Waals surface area contributed by atoms with E-state index < -0.39 is 0 Å². The smallest absolute Gasteiger partial charge is 0.257 e. The fraction of sp³-hybridized carbons (Fsp3) is 0.0526. The Morgan fingerprint density at radius 1 is 0.833 bits per heavy atom. The second-order valence-electron chi connectivity index (χ2n) is 5.28. The molecule has 0 spiro atoms. The first-order chi connectivity index (χ1) is 11.6. The molecular formula is C19H16N2O2S. The van der Waals surface area contributed by atoms with Gasteiger partial charge in [-0.25, -0.2) is 0 Å². The molecule has 0 aliphatic rings. The van der Waals surface area contributed by atoms with Gasteiger partial charge in [-0.15, -0.1) is 0 Å². The Hall–Kier alpha value is -2.92. The molecule has 0 saturated carbocycles. The first-order valence-electron chi connectivity index (χ1n) is 7.45. The fourth-order valence-corrected chi connectivity index (χ4v) is 2.92. The zero-order valence-electron chi connectivity index (χ0n) is 13.1. The van der Waals surface area contributed by atoms with Crippen LogP contribution < -0.4 is 10.6 Å². The van der Waals surface area contributed by atoms with Crippen molar-refractivity contribution in [1.29, 1.82) is 0 Å². The van der Waals surface area contributed by atoms with Gasteiger partial charge in [-0.05, 0) is 42.1 Å². The van der Waals surface area contributed by atoms with Gasteiger partial charge >= 0.3 is 0 Å². The van der Waals surface area contributed by atoms with Gasteiger partial charge in [0.25, 0.3) is 11.8 Å². The number of benzene rings is 2. The summed E-state index contributed by atoms with van der Waals surface area (Å²) in [4.78, 5) is 24.8. The topological polar surface area (TPSA) is 58.2 Å². The largest absolute Gasteiger partial charge is 0.322 e. The van der Waals surface area contributed by atoms with E-state index in [0.717, 1.165) is 11.3 Å². The SMILES string of the molecule is Cc1ccccc1NC(=O)c1ccccc1NC(=O)c1ccsc1. The molecule has 0 atom stereocenters. The first-order valence-corrected chi connectivity index (χ1v) is 8.39. The Kier molecular flexibility index (Phi) is 4.72. The van der Waals surface area contributed by atoms with E-state index in [2.05, 4.69) is 10.6 Å². The molecule has 1 heterocycles. The number of carbonyl (C=O) groups excluding carboxylic acids is 2. The van der Waals surface area contributed by atoms with E-state index in [0.29, 0.717) is 16.8 Å². The molecule has 0 fully saturated rings. The Labute approximate surface area is 144 Å². The quantitative estimate of drug-likeness (QED) is 0.734. The number of hydrogen-bond acceptors (Lipinski definition) is 3. The maximum Gasteiger partial charge on any atom is 0.257 e. The number of para-hydroxylation sites is 2. The lowest BCUT2D eigenvalue weighted by molar-refractivity contribution is 0.102. The predicted molar refractivity (Wildman–Crippen MR) is 97.8 cm³/mol. The van der Waals surface area contributed by atoms with Crippen molar-refractivity contribution in [1.82, 2.24) is 0 Å². The van der Waals surface area contributed by atoms with Crippen molar-refractivity contribution in [3.8, 4) is 0 Å². The summed E-state index contributed by atoms with van der Waals surface area (Å²) in [6, 6.07) is 16.3. The summed E-state index contributed by atoms with van der Waals surface area (Å²) in [5.41, 5.74) is 3.21. The second-order valence-corrected chi connectivity index (χ2v) is 6.06. The van der Waals surface area contributed by atoms with Crippen LogP contribution in [0.25, 0.3) is 0 Å². The number of hydrogen-bond donors (Lipinski definition) is 2. The normalized spacial score (nSPS) is 10.2. The first kappa shape index (κ1) is 16.0. The van der Waals surface area contributed by atoms with Gasteiger partial charge in [0.05, 0.1) is 16.8 Å². The van der Waals surface area contributed by atoms with E-state index in [1.54, 1.807) is 35.7 Å². The number of thiophene rings is 1. The van der Waals surface area contributed by atoms with Crippen molar-refractivity contribution in [2.45, 2.75) is 6.92 Å². The summed E-state index contributed by atoms with van der Waals surface area (Å²) in [7, 11) is 0. The van der Waals surface area contributed by atoms with Crippen molar-refractivity contribution in [3.63, 3.8) is 0 Å². The van der Waals surface area contributed by atoms with E-state index in [9.17, 15) is 9.59 Å². The van der Waals surface area contributed by atoms with Crippen LogP contribution in [0.3, 0.4) is 0 Å². The monoisotopic (exact) mass is 336 g/mol. The third-order valence-corrected chi connectivity index (χ3v) is 4.28. The predicted octanol–water partition coefficient (Wildman–Crippen LogP) is 4.56. The van der Waals surface area contributed by atoms with Gasteiger partial charge < -0.3 is 10.6 Å².